The molecule has 0 aliphatic carbocycles. The number of halogens is 4. The molecule has 112 valence electrons. The van der Waals surface area contributed by atoms with Crippen LogP contribution >= 0.6 is 0 Å². The molecule has 5 heteroatoms. The van der Waals surface area contributed by atoms with Gasteiger partial charge in [0, 0.05) is 11.1 Å². The standard InChI is InChI=1S/C16H14F4O/c1-9(13-7-11(17)3-5-15(13)19)21-10(2)14-8-12(18)4-6-16(14)20/h3-10H,1-2H3. The van der Waals surface area contributed by atoms with Crippen molar-refractivity contribution in [3.8, 4) is 0 Å². The molecule has 2 unspecified atom stereocenters. The molecule has 2 atom stereocenters. The van der Waals surface area contributed by atoms with Crippen LogP contribution in [0.2, 0.25) is 0 Å². The summed E-state index contributed by atoms with van der Waals surface area (Å²) in [6.07, 6.45) is -1.61. The molecule has 0 saturated heterocycles. The summed E-state index contributed by atoms with van der Waals surface area (Å²) in [4.78, 5) is 0. The summed E-state index contributed by atoms with van der Waals surface area (Å²) in [6.45, 7) is 3.04. The van der Waals surface area contributed by atoms with Gasteiger partial charge in [0.05, 0.1) is 12.2 Å². The van der Waals surface area contributed by atoms with Crippen LogP contribution in [-0.2, 0) is 4.74 Å². The first-order chi connectivity index (χ1) is 9.88. The second kappa shape index (κ2) is 6.26. The Morgan fingerprint density at radius 2 is 1.10 bits per heavy atom. The number of rotatable bonds is 4. The highest BCUT2D eigenvalue weighted by molar-refractivity contribution is 5.23. The van der Waals surface area contributed by atoms with Gasteiger partial charge in [0.15, 0.2) is 0 Å². The quantitative estimate of drug-likeness (QED) is 0.715. The summed E-state index contributed by atoms with van der Waals surface area (Å²) < 4.78 is 59.1. The van der Waals surface area contributed by atoms with Gasteiger partial charge in [-0.25, -0.2) is 17.6 Å². The van der Waals surface area contributed by atoms with Gasteiger partial charge in [-0.3, -0.25) is 0 Å². The zero-order chi connectivity index (χ0) is 15.6. The van der Waals surface area contributed by atoms with Crippen LogP contribution in [0.3, 0.4) is 0 Å². The van der Waals surface area contributed by atoms with Gasteiger partial charge in [0.2, 0.25) is 0 Å². The van der Waals surface area contributed by atoms with E-state index in [0.29, 0.717) is 0 Å². The lowest BCUT2D eigenvalue weighted by Crippen LogP contribution is -2.09. The van der Waals surface area contributed by atoms with E-state index < -0.39 is 35.5 Å². The molecular weight excluding hydrogens is 284 g/mol. The molecule has 0 saturated carbocycles. The van der Waals surface area contributed by atoms with Gasteiger partial charge in [-0.15, -0.1) is 0 Å². The maximum atomic E-state index is 13.6. The molecule has 2 aromatic rings. The maximum absolute atomic E-state index is 13.6. The van der Waals surface area contributed by atoms with Crippen LogP contribution in [-0.4, -0.2) is 0 Å². The van der Waals surface area contributed by atoms with E-state index in [4.69, 9.17) is 4.74 Å². The molecule has 0 fully saturated rings. The molecule has 0 N–H and O–H groups in total. The van der Waals surface area contributed by atoms with Crippen molar-refractivity contribution < 1.29 is 22.3 Å². The van der Waals surface area contributed by atoms with Crippen molar-refractivity contribution in [2.75, 3.05) is 0 Å². The highest BCUT2D eigenvalue weighted by atomic mass is 19.1. The lowest BCUT2D eigenvalue weighted by Gasteiger charge is -2.20. The largest absolute Gasteiger partial charge is 0.366 e. The molecular formula is C16H14F4O. The van der Waals surface area contributed by atoms with Crippen molar-refractivity contribution in [2.24, 2.45) is 0 Å². The first-order valence-corrected chi connectivity index (χ1v) is 6.44. The van der Waals surface area contributed by atoms with Crippen molar-refractivity contribution in [1.82, 2.24) is 0 Å². The van der Waals surface area contributed by atoms with E-state index >= 15 is 0 Å². The van der Waals surface area contributed by atoms with Gasteiger partial charge < -0.3 is 4.74 Å². The Morgan fingerprint density at radius 1 is 0.714 bits per heavy atom. The number of hydrogen-bond acceptors (Lipinski definition) is 1. The summed E-state index contributed by atoms with van der Waals surface area (Å²) in [7, 11) is 0. The first-order valence-electron chi connectivity index (χ1n) is 6.44. The van der Waals surface area contributed by atoms with Gasteiger partial charge in [-0.2, -0.15) is 0 Å². The van der Waals surface area contributed by atoms with Crippen molar-refractivity contribution in [3.05, 3.63) is 70.8 Å². The third-order valence-electron chi connectivity index (χ3n) is 3.20. The van der Waals surface area contributed by atoms with E-state index in [2.05, 4.69) is 0 Å². The molecule has 2 rings (SSSR count). The molecule has 0 radical (unpaired) electrons. The number of hydrogen-bond donors (Lipinski definition) is 0. The van der Waals surface area contributed by atoms with E-state index in [-0.39, 0.29) is 11.1 Å². The Labute approximate surface area is 120 Å². The SMILES string of the molecule is CC(OC(C)c1cc(F)ccc1F)c1cc(F)ccc1F. The van der Waals surface area contributed by atoms with E-state index in [1.54, 1.807) is 0 Å². The zero-order valence-electron chi connectivity index (χ0n) is 11.5. The minimum absolute atomic E-state index is 0.0265. The molecule has 0 heterocycles. The van der Waals surface area contributed by atoms with Crippen LogP contribution in [0.15, 0.2) is 36.4 Å². The normalized spacial score (nSPS) is 14.0. The Balaban J connectivity index is 2.20. The van der Waals surface area contributed by atoms with Gasteiger partial charge in [0.1, 0.15) is 23.3 Å². The highest BCUT2D eigenvalue weighted by Crippen LogP contribution is 2.29. The monoisotopic (exact) mass is 298 g/mol. The van der Waals surface area contributed by atoms with Gasteiger partial charge >= 0.3 is 0 Å². The molecule has 0 aliphatic heterocycles. The van der Waals surface area contributed by atoms with E-state index in [9.17, 15) is 17.6 Å². The molecule has 1 nitrogen and oxygen atoms in total. The molecule has 0 aromatic heterocycles. The number of benzene rings is 2. The summed E-state index contributed by atoms with van der Waals surface area (Å²) in [5.41, 5.74) is 0.0531. The molecule has 0 aliphatic rings. The fraction of sp³-hybridized carbons (Fsp3) is 0.250. The smallest absolute Gasteiger partial charge is 0.129 e. The van der Waals surface area contributed by atoms with Crippen LogP contribution in [0, 0.1) is 23.3 Å². The van der Waals surface area contributed by atoms with Crippen molar-refractivity contribution in [1.29, 1.82) is 0 Å². The summed E-state index contributed by atoms with van der Waals surface area (Å²) in [5, 5.41) is 0. The van der Waals surface area contributed by atoms with Crippen LogP contribution in [0.1, 0.15) is 37.2 Å². The topological polar surface area (TPSA) is 9.23 Å². The van der Waals surface area contributed by atoms with Crippen molar-refractivity contribution in [2.45, 2.75) is 26.1 Å². The summed E-state index contributed by atoms with van der Waals surface area (Å²) in [6, 6.07) is 6.04. The van der Waals surface area contributed by atoms with Gasteiger partial charge in [-0.1, -0.05) is 0 Å². The zero-order valence-corrected chi connectivity index (χ0v) is 11.5. The summed E-state index contributed by atoms with van der Waals surface area (Å²) >= 11 is 0. The van der Waals surface area contributed by atoms with Crippen LogP contribution in [0.4, 0.5) is 17.6 Å². The Kier molecular flexibility index (Phi) is 4.63. The molecule has 0 spiro atoms. The maximum Gasteiger partial charge on any atom is 0.129 e. The average Bonchev–Trinajstić information content (AvgIpc) is 2.43. The highest BCUT2D eigenvalue weighted by Gasteiger charge is 2.19. The fourth-order valence-corrected chi connectivity index (χ4v) is 2.11. The van der Waals surface area contributed by atoms with Crippen molar-refractivity contribution >= 4 is 0 Å². The molecule has 0 amide bonds. The van der Waals surface area contributed by atoms with Crippen LogP contribution < -0.4 is 0 Å². The minimum Gasteiger partial charge on any atom is -0.366 e. The van der Waals surface area contributed by atoms with E-state index in [0.717, 1.165) is 36.4 Å². The lowest BCUT2D eigenvalue weighted by molar-refractivity contribution is 0.00197. The number of ether oxygens (including phenoxy) is 1. The third kappa shape index (κ3) is 3.61. The van der Waals surface area contributed by atoms with Crippen LogP contribution in [0.25, 0.3) is 0 Å². The summed E-state index contributed by atoms with van der Waals surface area (Å²) in [5.74, 6) is -2.41. The molecule has 2 aromatic carbocycles. The lowest BCUT2D eigenvalue weighted by atomic mass is 10.1. The molecule has 21 heavy (non-hydrogen) atoms. The second-order valence-corrected chi connectivity index (χ2v) is 4.75. The average molecular weight is 298 g/mol. The van der Waals surface area contributed by atoms with Gasteiger partial charge in [0.25, 0.3) is 0 Å². The Bertz CT molecular complexity index is 587. The minimum atomic E-state index is -0.807. The second-order valence-electron chi connectivity index (χ2n) is 4.75. The third-order valence-corrected chi connectivity index (χ3v) is 3.20. The van der Waals surface area contributed by atoms with Crippen molar-refractivity contribution in [3.63, 3.8) is 0 Å². The Hall–Kier alpha value is -1.88. The van der Waals surface area contributed by atoms with Gasteiger partial charge in [-0.05, 0) is 50.2 Å². The molecule has 0 bridgehead atoms. The fourth-order valence-electron chi connectivity index (χ4n) is 2.11. The predicted molar refractivity (Wildman–Crippen MR) is 70.6 cm³/mol. The Morgan fingerprint density at radius 3 is 1.48 bits per heavy atom. The van der Waals surface area contributed by atoms with Crippen LogP contribution in [0.5, 0.6) is 0 Å². The first kappa shape index (κ1) is 15.5. The predicted octanol–water partition coefficient (Wildman–Crippen LogP) is 5.08. The van der Waals surface area contributed by atoms with E-state index in [1.807, 2.05) is 0 Å². The van der Waals surface area contributed by atoms with E-state index in [1.165, 1.54) is 13.8 Å².